The van der Waals surface area contributed by atoms with Crippen molar-refractivity contribution in [3.8, 4) is 0 Å². The van der Waals surface area contributed by atoms with Crippen LogP contribution < -0.4 is 0 Å². The van der Waals surface area contributed by atoms with Crippen molar-refractivity contribution in [2.45, 2.75) is 4.90 Å². The van der Waals surface area contributed by atoms with E-state index in [4.69, 9.17) is 23.2 Å². The molecule has 0 spiro atoms. The molecule has 2 aromatic rings. The molecule has 0 fully saturated rings. The van der Waals surface area contributed by atoms with E-state index in [-0.39, 0.29) is 4.90 Å². The number of sulfonamides is 1. The number of nitrogens with zero attached hydrogens (tertiary/aromatic N) is 1. The Hall–Kier alpha value is -1.36. The van der Waals surface area contributed by atoms with E-state index in [0.717, 1.165) is 0 Å². The molecule has 0 amide bonds. The van der Waals surface area contributed by atoms with Crippen LogP contribution >= 0.6 is 23.2 Å². The summed E-state index contributed by atoms with van der Waals surface area (Å²) < 4.78 is 27.4. The first-order chi connectivity index (χ1) is 8.97. The lowest BCUT2D eigenvalue weighted by molar-refractivity contribution is 0.598. The molecule has 2 rings (SSSR count). The summed E-state index contributed by atoms with van der Waals surface area (Å²) in [5.74, 6) is 0. The van der Waals surface area contributed by atoms with Crippen molar-refractivity contribution in [1.82, 2.24) is 0 Å². The molecule has 0 saturated heterocycles. The zero-order valence-corrected chi connectivity index (χ0v) is 12.0. The summed E-state index contributed by atoms with van der Waals surface area (Å²) in [6.45, 7) is 0. The monoisotopic (exact) mass is 313 g/mol. The molecule has 0 aliphatic rings. The molecule has 0 atom stereocenters. The lowest BCUT2D eigenvalue weighted by Gasteiger charge is -1.99. The summed E-state index contributed by atoms with van der Waals surface area (Å²) in [4.78, 5) is 0.138. The molecule has 0 saturated carbocycles. The van der Waals surface area contributed by atoms with E-state index in [2.05, 4.69) is 4.40 Å². The number of halogens is 2. The fourth-order valence-corrected chi connectivity index (χ4v) is 2.86. The molecule has 0 unspecified atom stereocenters. The number of hydrogen-bond acceptors (Lipinski definition) is 2. The van der Waals surface area contributed by atoms with E-state index in [0.29, 0.717) is 15.6 Å². The molecule has 0 bridgehead atoms. The maximum absolute atomic E-state index is 11.9. The second-order valence-electron chi connectivity index (χ2n) is 3.73. The lowest BCUT2D eigenvalue weighted by Crippen LogP contribution is -1.97. The molecular weight excluding hydrogens is 305 g/mol. The van der Waals surface area contributed by atoms with Crippen LogP contribution in [0.1, 0.15) is 5.56 Å². The highest BCUT2D eigenvalue weighted by Gasteiger charge is 2.10. The van der Waals surface area contributed by atoms with Crippen molar-refractivity contribution in [2.24, 2.45) is 4.40 Å². The minimum atomic E-state index is -3.70. The van der Waals surface area contributed by atoms with E-state index in [9.17, 15) is 8.42 Å². The normalized spacial score (nSPS) is 11.9. The van der Waals surface area contributed by atoms with Crippen LogP contribution in [0.3, 0.4) is 0 Å². The topological polar surface area (TPSA) is 46.5 Å². The van der Waals surface area contributed by atoms with Crippen LogP contribution in [-0.4, -0.2) is 14.6 Å². The number of hydrogen-bond donors (Lipinski definition) is 0. The largest absolute Gasteiger partial charge is 0.282 e. The zero-order chi connectivity index (χ0) is 13.9. The van der Waals surface area contributed by atoms with Crippen molar-refractivity contribution in [3.63, 3.8) is 0 Å². The molecule has 0 aliphatic carbocycles. The van der Waals surface area contributed by atoms with Gasteiger partial charge in [0.05, 0.1) is 4.90 Å². The van der Waals surface area contributed by atoms with Gasteiger partial charge in [-0.05, 0) is 35.9 Å². The third kappa shape index (κ3) is 3.80. The van der Waals surface area contributed by atoms with Crippen LogP contribution in [0, 0.1) is 0 Å². The first-order valence-electron chi connectivity index (χ1n) is 5.29. The van der Waals surface area contributed by atoms with E-state index in [1.54, 1.807) is 36.4 Å². The van der Waals surface area contributed by atoms with Crippen LogP contribution in [-0.2, 0) is 10.0 Å². The molecule has 0 aromatic heterocycles. The van der Waals surface area contributed by atoms with Gasteiger partial charge in [-0.25, -0.2) is 0 Å². The SMILES string of the molecule is O=S(=O)(/N=C/c1cc(Cl)cc(Cl)c1)c1ccccc1. The Labute approximate surface area is 121 Å². The molecule has 0 N–H and O–H groups in total. The highest BCUT2D eigenvalue weighted by atomic mass is 35.5. The van der Waals surface area contributed by atoms with Gasteiger partial charge < -0.3 is 0 Å². The molecule has 19 heavy (non-hydrogen) atoms. The maximum atomic E-state index is 11.9. The van der Waals surface area contributed by atoms with Crippen LogP contribution in [0.2, 0.25) is 10.0 Å². The number of rotatable bonds is 3. The molecule has 0 heterocycles. The van der Waals surface area contributed by atoms with Gasteiger partial charge in [0.1, 0.15) is 0 Å². The van der Waals surface area contributed by atoms with E-state index >= 15 is 0 Å². The van der Waals surface area contributed by atoms with Crippen LogP contribution in [0.4, 0.5) is 0 Å². The summed E-state index contributed by atoms with van der Waals surface area (Å²) >= 11 is 11.6. The summed E-state index contributed by atoms with van der Waals surface area (Å²) in [7, 11) is -3.70. The minimum absolute atomic E-state index is 0.138. The summed E-state index contributed by atoms with van der Waals surface area (Å²) in [5.41, 5.74) is 0.525. The Morgan fingerprint density at radius 2 is 1.53 bits per heavy atom. The van der Waals surface area contributed by atoms with Crippen LogP contribution in [0.15, 0.2) is 57.8 Å². The lowest BCUT2D eigenvalue weighted by atomic mass is 10.2. The van der Waals surface area contributed by atoms with Gasteiger partial charge in [-0.2, -0.15) is 12.8 Å². The summed E-state index contributed by atoms with van der Waals surface area (Å²) in [5, 5.41) is 0.845. The Bertz CT molecular complexity index is 692. The molecule has 0 radical (unpaired) electrons. The van der Waals surface area contributed by atoms with Crippen molar-refractivity contribution in [3.05, 3.63) is 64.1 Å². The average molecular weight is 314 g/mol. The Morgan fingerprint density at radius 1 is 0.947 bits per heavy atom. The average Bonchev–Trinajstić information content (AvgIpc) is 2.37. The van der Waals surface area contributed by atoms with Gasteiger partial charge in [0.15, 0.2) is 0 Å². The Morgan fingerprint density at radius 3 is 2.11 bits per heavy atom. The Balaban J connectivity index is 2.32. The Kier molecular flexibility index (Phi) is 4.24. The van der Waals surface area contributed by atoms with Gasteiger partial charge >= 0.3 is 0 Å². The third-order valence-corrected chi connectivity index (χ3v) is 3.95. The second kappa shape index (κ2) is 5.74. The van der Waals surface area contributed by atoms with Crippen molar-refractivity contribution in [2.75, 3.05) is 0 Å². The van der Waals surface area contributed by atoms with Gasteiger partial charge in [0, 0.05) is 16.3 Å². The van der Waals surface area contributed by atoms with Gasteiger partial charge in [0.25, 0.3) is 10.0 Å². The predicted molar refractivity (Wildman–Crippen MR) is 77.7 cm³/mol. The molecule has 6 heteroatoms. The zero-order valence-electron chi connectivity index (χ0n) is 9.62. The van der Waals surface area contributed by atoms with Crippen molar-refractivity contribution < 1.29 is 8.42 Å². The van der Waals surface area contributed by atoms with E-state index in [1.807, 2.05) is 0 Å². The first-order valence-corrected chi connectivity index (χ1v) is 7.48. The predicted octanol–water partition coefficient (Wildman–Crippen LogP) is 3.80. The second-order valence-corrected chi connectivity index (χ2v) is 6.23. The van der Waals surface area contributed by atoms with Gasteiger partial charge in [-0.1, -0.05) is 41.4 Å². The fraction of sp³-hybridized carbons (Fsp3) is 0. The molecule has 0 aliphatic heterocycles. The smallest absolute Gasteiger partial charge is 0.199 e. The third-order valence-electron chi connectivity index (χ3n) is 2.27. The molecule has 3 nitrogen and oxygen atoms in total. The van der Waals surface area contributed by atoms with Crippen molar-refractivity contribution in [1.29, 1.82) is 0 Å². The van der Waals surface area contributed by atoms with E-state index < -0.39 is 10.0 Å². The maximum Gasteiger partial charge on any atom is 0.282 e. The quantitative estimate of drug-likeness (QED) is 0.809. The number of benzene rings is 2. The highest BCUT2D eigenvalue weighted by Crippen LogP contribution is 2.18. The van der Waals surface area contributed by atoms with Gasteiger partial charge in [-0.3, -0.25) is 0 Å². The summed E-state index contributed by atoms with van der Waals surface area (Å²) in [6, 6.07) is 12.7. The summed E-state index contributed by atoms with van der Waals surface area (Å²) in [6.07, 6.45) is 1.22. The molecular formula is C13H9Cl2NO2S. The molecule has 98 valence electrons. The molecule has 2 aromatic carbocycles. The van der Waals surface area contributed by atoms with Crippen LogP contribution in [0.25, 0.3) is 0 Å². The van der Waals surface area contributed by atoms with Gasteiger partial charge in [0.2, 0.25) is 0 Å². The van der Waals surface area contributed by atoms with E-state index in [1.165, 1.54) is 18.3 Å². The van der Waals surface area contributed by atoms with Crippen LogP contribution in [0.5, 0.6) is 0 Å². The minimum Gasteiger partial charge on any atom is -0.199 e. The van der Waals surface area contributed by atoms with Gasteiger partial charge in [-0.15, -0.1) is 0 Å². The highest BCUT2D eigenvalue weighted by molar-refractivity contribution is 7.90. The fourth-order valence-electron chi connectivity index (χ4n) is 1.43. The van der Waals surface area contributed by atoms with Crippen molar-refractivity contribution >= 4 is 39.4 Å². The standard InChI is InChI=1S/C13H9Cl2NO2S/c14-11-6-10(7-12(15)8-11)9-16-19(17,18)13-4-2-1-3-5-13/h1-9H/b16-9+. The first kappa shape index (κ1) is 14.1.